The van der Waals surface area contributed by atoms with Crippen LogP contribution >= 0.6 is 44.8 Å². The molecule has 1 fully saturated rings. The summed E-state index contributed by atoms with van der Waals surface area (Å²) in [6.07, 6.45) is -0.0635. The fraction of sp³-hybridized carbons (Fsp3) is 0.632. The lowest BCUT2D eigenvalue weighted by Gasteiger charge is -2.45. The molecule has 386 valence electrons. The summed E-state index contributed by atoms with van der Waals surface area (Å²) in [6, 6.07) is 0. The molecule has 0 radical (unpaired) electrons. The predicted octanol–water partition coefficient (Wildman–Crippen LogP) is 5.06. The molecular formula is C38H76O22P4S. The van der Waals surface area contributed by atoms with Gasteiger partial charge in [-0.1, -0.05) is 84.0 Å². The number of hydrogen-bond acceptors (Lipinski definition) is 15. The number of aliphatic hydroxyl groups is 2. The summed E-state index contributed by atoms with van der Waals surface area (Å²) in [5, 5.41) is 21.7. The summed E-state index contributed by atoms with van der Waals surface area (Å²) in [5.41, 5.74) is 0. The predicted molar refractivity (Wildman–Crippen MR) is 256 cm³/mol. The molecule has 9 N–H and O–H groups in total. The number of ether oxygens (including phenoxy) is 2. The van der Waals surface area contributed by atoms with Gasteiger partial charge in [-0.3, -0.25) is 27.4 Å². The van der Waals surface area contributed by atoms with Crippen LogP contribution in [0.2, 0.25) is 0 Å². The molecule has 4 unspecified atom stereocenters. The largest absolute Gasteiger partial charge is 0.472 e. The van der Waals surface area contributed by atoms with Crippen molar-refractivity contribution in [2.75, 3.05) is 13.2 Å². The summed E-state index contributed by atoms with van der Waals surface area (Å²) < 4.78 is 81.0. The smallest absolute Gasteiger partial charge is 0.456 e. The van der Waals surface area contributed by atoms with Crippen LogP contribution < -0.4 is 0 Å². The van der Waals surface area contributed by atoms with E-state index in [-0.39, 0.29) is 35.6 Å². The van der Waals surface area contributed by atoms with Crippen molar-refractivity contribution in [2.45, 2.75) is 140 Å². The molecule has 0 aromatic rings. The lowest BCUT2D eigenvalue weighted by atomic mass is 9.85. The van der Waals surface area contributed by atoms with Crippen molar-refractivity contribution in [3.63, 3.8) is 0 Å². The molecule has 0 aliphatic heterocycles. The van der Waals surface area contributed by atoms with Gasteiger partial charge in [-0.15, -0.1) is 6.42 Å². The average Bonchev–Trinajstić information content (AvgIpc) is 3.18. The molecule has 27 heteroatoms. The first-order chi connectivity index (χ1) is 30.0. The van der Waals surface area contributed by atoms with E-state index in [9.17, 15) is 72.3 Å². The van der Waals surface area contributed by atoms with Crippen LogP contribution in [0.15, 0.2) is 0 Å². The Morgan fingerprint density at radius 2 is 0.969 bits per heavy atom. The molecule has 0 heterocycles. The second-order valence-corrected chi connectivity index (χ2v) is 18.6. The Hall–Kier alpha value is -2.99. The Morgan fingerprint density at radius 1 is 0.569 bits per heavy atom. The molecule has 65 heavy (non-hydrogen) atoms. The van der Waals surface area contributed by atoms with Gasteiger partial charge >= 0.3 is 43.2 Å². The summed E-state index contributed by atoms with van der Waals surface area (Å²) in [7, 11) is -23.2. The molecule has 0 bridgehead atoms. The number of aliphatic hydroxyl groups excluding tert-OH is 2. The van der Waals surface area contributed by atoms with Crippen molar-refractivity contribution in [3.8, 4) is 71.5 Å². The molecule has 1 saturated carbocycles. The number of carbonyl (C=O) groups is 2. The Morgan fingerprint density at radius 3 is 1.40 bits per heavy atom. The van der Waals surface area contributed by atoms with Crippen LogP contribution in [0, 0.1) is 71.5 Å². The van der Waals surface area contributed by atoms with Crippen LogP contribution in [0.1, 0.15) is 113 Å². The zero-order valence-electron chi connectivity index (χ0n) is 35.1. The van der Waals surface area contributed by atoms with Gasteiger partial charge in [0.2, 0.25) is 0 Å². The minimum atomic E-state index is -5.82. The van der Waals surface area contributed by atoms with Crippen LogP contribution in [0.5, 0.6) is 0 Å². The highest BCUT2D eigenvalue weighted by molar-refractivity contribution is 7.59. The first-order valence-corrected chi connectivity index (χ1v) is 25.6. The van der Waals surface area contributed by atoms with Crippen LogP contribution in [0.25, 0.3) is 0 Å². The maximum atomic E-state index is 13.1. The molecular weight excluding hydrogens is 964 g/mol. The first kappa shape index (κ1) is 62.0. The van der Waals surface area contributed by atoms with Crippen molar-refractivity contribution in [3.05, 3.63) is 0 Å². The molecule has 1 aliphatic rings. The topological polar surface area (TPSA) is 349 Å². The van der Waals surface area contributed by atoms with Crippen molar-refractivity contribution in [1.82, 2.24) is 0 Å². The second-order valence-electron chi connectivity index (χ2n) is 13.6. The zero-order valence-corrected chi connectivity index (χ0v) is 39.6. The molecule has 0 saturated heterocycles. The van der Waals surface area contributed by atoms with Gasteiger partial charge in [-0.2, -0.15) is 13.5 Å². The number of unbranched alkanes of at least 4 members (excludes halogenated alkanes) is 12. The van der Waals surface area contributed by atoms with Gasteiger partial charge in [0, 0.05) is 28.0 Å². The SMILES string of the molecule is C#CC#CC#CC#CC#CC#CC(=O)OC[C@H](COP(=O)(O)OC1C(O)[C@@H](OP(=O)(O)O)C(OP(=O)(O)O)[C@@H](OP(=O)(O)O)[C@H]1O)OC(=O)CCCCCCCCCCCCCCC.S.[HH].[HH].[HH].[HH].[HH].[HH].[HH].[HH].[HH].[HH].[HH]. The highest BCUT2D eigenvalue weighted by Gasteiger charge is 2.59. The monoisotopic (exact) mass is 1040 g/mol. The van der Waals surface area contributed by atoms with E-state index >= 15 is 0 Å². The minimum Gasteiger partial charge on any atom is -0.456 e. The van der Waals surface area contributed by atoms with Gasteiger partial charge in [-0.05, 0) is 65.6 Å². The molecule has 8 atom stereocenters. The molecule has 0 amide bonds. The summed E-state index contributed by atoms with van der Waals surface area (Å²) in [4.78, 5) is 91.8. The van der Waals surface area contributed by atoms with E-state index in [4.69, 9.17) is 24.9 Å². The number of esters is 2. The van der Waals surface area contributed by atoms with E-state index in [1.54, 1.807) is 0 Å². The first-order valence-electron chi connectivity index (χ1n) is 19.5. The van der Waals surface area contributed by atoms with E-state index in [0.717, 1.165) is 32.1 Å². The summed E-state index contributed by atoms with van der Waals surface area (Å²) in [6.45, 7) is 0.186. The van der Waals surface area contributed by atoms with Gasteiger partial charge < -0.3 is 53.9 Å². The van der Waals surface area contributed by atoms with Crippen molar-refractivity contribution in [1.29, 1.82) is 0 Å². The molecule has 1 rings (SSSR count). The van der Waals surface area contributed by atoms with Crippen molar-refractivity contribution < 1.29 is 120 Å². The van der Waals surface area contributed by atoms with Gasteiger partial charge in [0.25, 0.3) is 0 Å². The number of carbonyl (C=O) groups excluding carboxylic acids is 2. The molecule has 22 nitrogen and oxygen atoms in total. The maximum Gasteiger partial charge on any atom is 0.472 e. The Balaban J connectivity index is -0.000000341. The van der Waals surface area contributed by atoms with Crippen LogP contribution in [-0.4, -0.2) is 112 Å². The number of hydrogen-bond donors (Lipinski definition) is 9. The number of rotatable bonds is 28. The number of terminal acetylenes is 1. The number of phosphoric acid groups is 4. The molecule has 0 aromatic heterocycles. The van der Waals surface area contributed by atoms with Gasteiger partial charge in [0.05, 0.1) is 6.61 Å². The average molecular weight is 1040 g/mol. The quantitative estimate of drug-likeness (QED) is 0.0162. The number of phosphoric ester groups is 4. The Bertz CT molecular complexity index is 2080. The summed E-state index contributed by atoms with van der Waals surface area (Å²) in [5.74, 6) is 22.5. The van der Waals surface area contributed by atoms with Gasteiger partial charge in [0.1, 0.15) is 43.2 Å². The highest BCUT2D eigenvalue weighted by atomic mass is 32.1. The summed E-state index contributed by atoms with van der Waals surface area (Å²) >= 11 is 0. The minimum absolute atomic E-state index is 0. The van der Waals surface area contributed by atoms with E-state index in [2.05, 4.69) is 79.7 Å². The van der Waals surface area contributed by atoms with Crippen LogP contribution in [0.3, 0.4) is 0 Å². The lowest BCUT2D eigenvalue weighted by Crippen LogP contribution is -2.65. The van der Waals surface area contributed by atoms with E-state index in [1.165, 1.54) is 38.5 Å². The van der Waals surface area contributed by atoms with E-state index in [0.29, 0.717) is 12.8 Å². The maximum absolute atomic E-state index is 13.1. The zero-order chi connectivity index (χ0) is 48.2. The molecule has 1 aliphatic carbocycles. The third kappa shape index (κ3) is 30.8. The normalized spacial score (nSPS) is 20.5. The van der Waals surface area contributed by atoms with Crippen LogP contribution in [0.4, 0.5) is 0 Å². The third-order valence-corrected chi connectivity index (χ3v) is 10.9. The van der Waals surface area contributed by atoms with Crippen molar-refractivity contribution in [2.24, 2.45) is 0 Å². The Labute approximate surface area is 400 Å². The second kappa shape index (κ2) is 32.7. The van der Waals surface area contributed by atoms with Crippen molar-refractivity contribution >= 4 is 56.7 Å². The standard InChI is InChI=1S/C38H52O22P4.H2S.11H2/c1-3-5-7-9-11-13-15-16-17-19-21-23-25-27-32(40)56-30(28-54-31(39)26-24-22-20-18-14-12-10-8-6-4-2)29-55-64(52,53)60-35-33(41)36(57-61(43,44)45)38(59-63(49,50)51)37(34(35)42)58-62(46,47)48;;;;;;;;;;;;/h2,30,33-38,41-42H,3,5,7,9,11,13,15-17,19,21,23,25,27-29H2,1H3,(H,52,53)(H2,43,44,45)(H2,46,47,48)(H2,49,50,51);1H2;11*1H/t30-,33+,34?,35?,36+,37-,38?;;;;;;;;;;;;/m1............/s1. The molecule has 0 spiro atoms. The highest BCUT2D eigenvalue weighted by Crippen LogP contribution is 2.53. The Kier molecular flexibility index (Phi) is 31.2. The van der Waals surface area contributed by atoms with E-state index < -0.39 is 99.2 Å². The molecule has 0 aromatic carbocycles. The van der Waals surface area contributed by atoms with Gasteiger partial charge in [-0.25, -0.2) is 23.1 Å². The van der Waals surface area contributed by atoms with E-state index in [1.807, 2.05) is 5.92 Å². The van der Waals surface area contributed by atoms with Gasteiger partial charge in [0.15, 0.2) is 6.10 Å². The third-order valence-electron chi connectivity index (χ3n) is 8.37. The fourth-order valence-corrected chi connectivity index (χ4v) is 8.32. The van der Waals surface area contributed by atoms with Crippen LogP contribution in [-0.2, 0) is 59.9 Å². The fourth-order valence-electron chi connectivity index (χ4n) is 5.67. The lowest BCUT2D eigenvalue weighted by molar-refractivity contribution is -0.209.